The van der Waals surface area contributed by atoms with E-state index in [4.69, 9.17) is 10.8 Å². The molecule has 0 radical (unpaired) electrons. The molecule has 0 aromatic carbocycles. The van der Waals surface area contributed by atoms with E-state index in [2.05, 4.69) is 10.0 Å². The molecule has 0 spiro atoms. The van der Waals surface area contributed by atoms with Crippen LogP contribution < -0.4 is 15.8 Å². The van der Waals surface area contributed by atoms with Crippen LogP contribution in [0.1, 0.15) is 17.7 Å². The summed E-state index contributed by atoms with van der Waals surface area (Å²) in [5.41, 5.74) is 5.45. The molecule has 0 saturated carbocycles. The summed E-state index contributed by atoms with van der Waals surface area (Å²) in [4.78, 5) is 50.8. The Morgan fingerprint density at radius 1 is 1.11 bits per heavy atom. The molecule has 1 fully saturated rings. The molecule has 1 aliphatic heterocycles. The summed E-state index contributed by atoms with van der Waals surface area (Å²) in [7, 11) is -3.92. The fourth-order valence-electron chi connectivity index (χ4n) is 3.84. The Balaban J connectivity index is 1.83. The molecule has 3 rings (SSSR count). The molecule has 5 atom stereocenters. The topological polar surface area (TPSA) is 216 Å². The molecule has 202 valence electrons. The zero-order chi connectivity index (χ0) is 27.3. The number of primary amides is 1. The largest absolute Gasteiger partial charge is 0.479 e. The fraction of sp³-hybridized carbons (Fsp3) is 0.429. The van der Waals surface area contributed by atoms with Gasteiger partial charge in [0, 0.05) is 23.9 Å². The molecule has 2 aromatic heterocycles. The number of carbonyl (C=O) groups excluding carboxylic acids is 3. The predicted octanol–water partition coefficient (Wildman–Crippen LogP) is -1.53. The van der Waals surface area contributed by atoms with Gasteiger partial charge in [0.15, 0.2) is 12.2 Å². The maximum absolute atomic E-state index is 13.3. The van der Waals surface area contributed by atoms with E-state index in [-0.39, 0.29) is 30.0 Å². The number of nitrogens with two attached hydrogens (primary N) is 1. The van der Waals surface area contributed by atoms with Crippen LogP contribution in [-0.4, -0.2) is 89.2 Å². The average molecular weight is 575 g/mol. The number of hydrogen-bond acceptors (Lipinski definition) is 10. The Hall–Kier alpha value is -2.89. The van der Waals surface area contributed by atoms with Gasteiger partial charge in [-0.15, -0.1) is 22.7 Å². The van der Waals surface area contributed by atoms with Gasteiger partial charge in [-0.25, -0.2) is 17.9 Å². The minimum absolute atomic E-state index is 0.0322. The third kappa shape index (κ3) is 7.12. The summed E-state index contributed by atoms with van der Waals surface area (Å²) in [5.74, 6) is -4.77. The number of nitrogens with one attached hydrogen (secondary N) is 2. The summed E-state index contributed by atoms with van der Waals surface area (Å²) in [6.45, 7) is -0.246. The van der Waals surface area contributed by atoms with E-state index in [9.17, 15) is 37.8 Å². The van der Waals surface area contributed by atoms with Gasteiger partial charge in [-0.1, -0.05) is 12.1 Å². The van der Waals surface area contributed by atoms with E-state index in [1.165, 1.54) is 17.4 Å². The van der Waals surface area contributed by atoms with Crippen molar-refractivity contribution in [3.8, 4) is 0 Å². The van der Waals surface area contributed by atoms with Gasteiger partial charge in [-0.2, -0.15) is 0 Å². The first-order valence-electron chi connectivity index (χ1n) is 11.0. The van der Waals surface area contributed by atoms with Crippen LogP contribution in [0.3, 0.4) is 0 Å². The number of aliphatic carboxylic acids is 1. The number of aliphatic hydroxyl groups is 2. The summed E-state index contributed by atoms with van der Waals surface area (Å²) in [5, 5.41) is 34.5. The minimum Gasteiger partial charge on any atom is -0.479 e. The van der Waals surface area contributed by atoms with Crippen LogP contribution in [0.15, 0.2) is 39.2 Å². The van der Waals surface area contributed by atoms with Crippen LogP contribution in [0.4, 0.5) is 0 Å². The number of carboxylic acids is 1. The van der Waals surface area contributed by atoms with Crippen molar-refractivity contribution in [1.82, 2.24) is 14.9 Å². The highest BCUT2D eigenvalue weighted by Crippen LogP contribution is 2.24. The number of thiophene rings is 2. The number of rotatable bonds is 11. The molecule has 0 aliphatic carbocycles. The lowest BCUT2D eigenvalue weighted by Crippen LogP contribution is -2.62. The van der Waals surface area contributed by atoms with Crippen LogP contribution in [0.5, 0.6) is 0 Å². The number of hydrogen-bond donors (Lipinski definition) is 6. The van der Waals surface area contributed by atoms with Crippen molar-refractivity contribution < 1.29 is 42.9 Å². The molecule has 1 aliphatic rings. The van der Waals surface area contributed by atoms with Crippen LogP contribution in [-0.2, 0) is 35.6 Å². The zero-order valence-corrected chi connectivity index (χ0v) is 21.7. The van der Waals surface area contributed by atoms with Gasteiger partial charge in [0.1, 0.15) is 16.3 Å². The highest BCUT2D eigenvalue weighted by Gasteiger charge is 2.43. The minimum atomic E-state index is -3.92. The Bertz CT molecular complexity index is 1220. The number of likely N-dealkylation sites (tertiary alicyclic amines) is 1. The quantitative estimate of drug-likeness (QED) is 0.183. The van der Waals surface area contributed by atoms with E-state index in [1.54, 1.807) is 29.0 Å². The van der Waals surface area contributed by atoms with Crippen molar-refractivity contribution in [1.29, 1.82) is 0 Å². The summed E-state index contributed by atoms with van der Waals surface area (Å²) >= 11 is 2.33. The van der Waals surface area contributed by atoms with Crippen molar-refractivity contribution in [2.24, 2.45) is 5.73 Å². The predicted molar refractivity (Wildman–Crippen MR) is 132 cm³/mol. The SMILES string of the molecule is NC(=O)[C@H](Cc1cccs1)NC(=O)[C@@H]1C[C@@H](NS(=O)(=O)c2cccs2)CCN1C(=O)[C@@H](O)[C@H](O)C(=O)O. The Morgan fingerprint density at radius 2 is 1.78 bits per heavy atom. The van der Waals surface area contributed by atoms with Gasteiger partial charge in [0.2, 0.25) is 21.8 Å². The molecular weight excluding hydrogens is 548 g/mol. The summed E-state index contributed by atoms with van der Waals surface area (Å²) in [6.07, 6.45) is -4.95. The van der Waals surface area contributed by atoms with E-state index >= 15 is 0 Å². The number of piperidine rings is 1. The van der Waals surface area contributed by atoms with Gasteiger partial charge in [0.05, 0.1) is 0 Å². The second-order valence-corrected chi connectivity index (χ2v) is 12.2. The Labute approximate surface area is 219 Å². The van der Waals surface area contributed by atoms with E-state index < -0.39 is 64.0 Å². The summed E-state index contributed by atoms with van der Waals surface area (Å²) in [6, 6.07) is 3.09. The molecule has 7 N–H and O–H groups in total. The van der Waals surface area contributed by atoms with Gasteiger partial charge in [0.25, 0.3) is 5.91 Å². The van der Waals surface area contributed by atoms with Crippen molar-refractivity contribution in [3.63, 3.8) is 0 Å². The lowest BCUT2D eigenvalue weighted by Gasteiger charge is -2.40. The number of sulfonamides is 1. The highest BCUT2D eigenvalue weighted by atomic mass is 32.2. The second-order valence-electron chi connectivity index (χ2n) is 8.30. The second kappa shape index (κ2) is 12.1. The van der Waals surface area contributed by atoms with Crippen LogP contribution in [0, 0.1) is 0 Å². The zero-order valence-electron chi connectivity index (χ0n) is 19.2. The maximum Gasteiger partial charge on any atom is 0.335 e. The third-order valence-corrected chi connectivity index (χ3v) is 9.54. The maximum atomic E-state index is 13.3. The van der Waals surface area contributed by atoms with Gasteiger partial charge in [-0.05, 0) is 35.7 Å². The third-order valence-electron chi connectivity index (χ3n) is 5.72. The lowest BCUT2D eigenvalue weighted by atomic mass is 9.95. The fourth-order valence-corrected chi connectivity index (χ4v) is 6.88. The number of carbonyl (C=O) groups is 4. The monoisotopic (exact) mass is 574 g/mol. The Kier molecular flexibility index (Phi) is 9.38. The average Bonchev–Trinajstić information content (AvgIpc) is 3.56. The normalized spacial score (nSPS) is 20.5. The van der Waals surface area contributed by atoms with Crippen molar-refractivity contribution >= 4 is 56.4 Å². The van der Waals surface area contributed by atoms with Crippen molar-refractivity contribution in [2.45, 2.75) is 53.8 Å². The molecule has 1 saturated heterocycles. The molecule has 3 heterocycles. The number of carboxylic acid groups (broad SMARTS) is 1. The molecule has 13 nitrogen and oxygen atoms in total. The first-order valence-corrected chi connectivity index (χ1v) is 14.2. The smallest absolute Gasteiger partial charge is 0.335 e. The number of aliphatic hydroxyl groups excluding tert-OH is 2. The Morgan fingerprint density at radius 3 is 2.35 bits per heavy atom. The number of amides is 3. The van der Waals surface area contributed by atoms with Crippen molar-refractivity contribution in [2.75, 3.05) is 6.54 Å². The van der Waals surface area contributed by atoms with E-state index in [0.29, 0.717) is 0 Å². The van der Waals surface area contributed by atoms with Crippen molar-refractivity contribution in [3.05, 3.63) is 39.9 Å². The highest BCUT2D eigenvalue weighted by molar-refractivity contribution is 7.91. The van der Waals surface area contributed by atoms with Crippen LogP contribution >= 0.6 is 22.7 Å². The molecule has 0 unspecified atom stereocenters. The lowest BCUT2D eigenvalue weighted by molar-refractivity contribution is -0.165. The van der Waals surface area contributed by atoms with Gasteiger partial charge in [-0.3, -0.25) is 14.4 Å². The molecular formula is C21H26N4O9S3. The van der Waals surface area contributed by atoms with Crippen LogP contribution in [0.25, 0.3) is 0 Å². The van der Waals surface area contributed by atoms with Gasteiger partial charge < -0.3 is 31.3 Å². The molecule has 2 aromatic rings. The van der Waals surface area contributed by atoms with Gasteiger partial charge >= 0.3 is 5.97 Å². The molecule has 37 heavy (non-hydrogen) atoms. The number of nitrogens with zero attached hydrogens (tertiary/aromatic N) is 1. The van der Waals surface area contributed by atoms with E-state index in [0.717, 1.165) is 21.1 Å². The first-order chi connectivity index (χ1) is 17.4. The summed E-state index contributed by atoms with van der Waals surface area (Å²) < 4.78 is 27.9. The molecule has 0 bridgehead atoms. The standard InChI is InChI=1S/C21H26N4O9S3/c22-18(28)13(10-12-3-1-7-35-12)23-19(29)14-9-11(24-37(33,34)15-4-2-8-36-15)5-6-25(14)20(30)16(26)17(27)21(31)32/h1-4,7-8,11,13-14,16-17,24,26-27H,5-6,9-10H2,(H2,22,28)(H,23,29)(H,31,32)/t11-,13-,14-,16-,17-/m0/s1. The molecule has 3 amide bonds. The van der Waals surface area contributed by atoms with Crippen LogP contribution in [0.2, 0.25) is 0 Å². The van der Waals surface area contributed by atoms with E-state index in [1.807, 2.05) is 0 Å². The molecule has 16 heteroatoms. The first kappa shape index (κ1) is 28.7.